The van der Waals surface area contributed by atoms with Crippen molar-refractivity contribution in [2.45, 2.75) is 13.1 Å². The summed E-state index contributed by atoms with van der Waals surface area (Å²) >= 11 is 0. The highest BCUT2D eigenvalue weighted by Gasteiger charge is 2.12. The molecule has 2 amide bonds. The second kappa shape index (κ2) is 8.53. The Morgan fingerprint density at radius 3 is 2.31 bits per heavy atom. The van der Waals surface area contributed by atoms with Crippen LogP contribution in [-0.4, -0.2) is 21.8 Å². The SMILES string of the molecule is O=C(NCc1ccccc1)c1ccnc(C(=O)NCc2ccccn2)c1. The number of amides is 2. The van der Waals surface area contributed by atoms with E-state index in [1.165, 1.54) is 12.3 Å². The van der Waals surface area contributed by atoms with Gasteiger partial charge in [0, 0.05) is 24.5 Å². The van der Waals surface area contributed by atoms with Gasteiger partial charge in [0.2, 0.25) is 0 Å². The van der Waals surface area contributed by atoms with E-state index in [0.29, 0.717) is 18.7 Å². The van der Waals surface area contributed by atoms with Gasteiger partial charge >= 0.3 is 0 Å². The fraction of sp³-hybridized carbons (Fsp3) is 0.100. The molecule has 130 valence electrons. The van der Waals surface area contributed by atoms with Crippen molar-refractivity contribution in [1.29, 1.82) is 0 Å². The average molecular weight is 346 g/mol. The number of hydrogen-bond donors (Lipinski definition) is 2. The third-order valence-electron chi connectivity index (χ3n) is 3.71. The molecule has 0 saturated heterocycles. The number of carbonyl (C=O) groups is 2. The first kappa shape index (κ1) is 17.3. The van der Waals surface area contributed by atoms with Crippen LogP contribution in [0.3, 0.4) is 0 Å². The van der Waals surface area contributed by atoms with Crippen LogP contribution in [0.2, 0.25) is 0 Å². The van der Waals surface area contributed by atoms with E-state index in [0.717, 1.165) is 11.3 Å². The van der Waals surface area contributed by atoms with Crippen molar-refractivity contribution in [3.05, 3.63) is 95.6 Å². The first-order chi connectivity index (χ1) is 12.7. The third kappa shape index (κ3) is 4.73. The van der Waals surface area contributed by atoms with Crippen molar-refractivity contribution in [2.75, 3.05) is 0 Å². The summed E-state index contributed by atoms with van der Waals surface area (Å²) in [7, 11) is 0. The molecular formula is C20H18N4O2. The number of nitrogens with one attached hydrogen (secondary N) is 2. The number of rotatable bonds is 6. The lowest BCUT2D eigenvalue weighted by atomic mass is 10.2. The molecule has 2 aromatic heterocycles. The van der Waals surface area contributed by atoms with E-state index in [9.17, 15) is 9.59 Å². The van der Waals surface area contributed by atoms with E-state index < -0.39 is 0 Å². The molecule has 0 fully saturated rings. The van der Waals surface area contributed by atoms with Crippen molar-refractivity contribution in [3.8, 4) is 0 Å². The monoisotopic (exact) mass is 346 g/mol. The third-order valence-corrected chi connectivity index (χ3v) is 3.71. The fourth-order valence-electron chi connectivity index (χ4n) is 2.34. The Morgan fingerprint density at radius 1 is 0.769 bits per heavy atom. The molecular weight excluding hydrogens is 328 g/mol. The predicted molar refractivity (Wildman–Crippen MR) is 97.3 cm³/mol. The number of nitrogens with zero attached hydrogens (tertiary/aromatic N) is 2. The predicted octanol–water partition coefficient (Wildman–Crippen LogP) is 2.34. The lowest BCUT2D eigenvalue weighted by molar-refractivity contribution is 0.0945. The summed E-state index contributed by atoms with van der Waals surface area (Å²) in [5, 5.41) is 5.57. The molecule has 0 spiro atoms. The maximum atomic E-state index is 12.3. The highest BCUT2D eigenvalue weighted by molar-refractivity contribution is 5.98. The molecule has 0 atom stereocenters. The van der Waals surface area contributed by atoms with Crippen LogP contribution in [0.1, 0.15) is 32.1 Å². The minimum absolute atomic E-state index is 0.188. The minimum Gasteiger partial charge on any atom is -0.348 e. The largest absolute Gasteiger partial charge is 0.348 e. The van der Waals surface area contributed by atoms with Crippen molar-refractivity contribution >= 4 is 11.8 Å². The van der Waals surface area contributed by atoms with E-state index >= 15 is 0 Å². The van der Waals surface area contributed by atoms with Crippen LogP contribution in [0.25, 0.3) is 0 Å². The van der Waals surface area contributed by atoms with Gasteiger partial charge in [0.15, 0.2) is 0 Å². The molecule has 2 heterocycles. The van der Waals surface area contributed by atoms with Crippen molar-refractivity contribution in [2.24, 2.45) is 0 Å². The van der Waals surface area contributed by atoms with Gasteiger partial charge in [0.1, 0.15) is 5.69 Å². The zero-order valence-corrected chi connectivity index (χ0v) is 14.1. The van der Waals surface area contributed by atoms with Gasteiger partial charge in [-0.1, -0.05) is 36.4 Å². The molecule has 1 aromatic carbocycles. The molecule has 0 aliphatic heterocycles. The number of aromatic nitrogens is 2. The molecule has 0 radical (unpaired) electrons. The fourth-order valence-corrected chi connectivity index (χ4v) is 2.34. The Bertz CT molecular complexity index is 812. The highest BCUT2D eigenvalue weighted by atomic mass is 16.2. The molecule has 26 heavy (non-hydrogen) atoms. The van der Waals surface area contributed by atoms with Crippen molar-refractivity contribution < 1.29 is 9.59 Å². The molecule has 0 bridgehead atoms. The van der Waals surface area contributed by atoms with Gasteiger partial charge in [0.05, 0.1) is 12.2 Å². The van der Waals surface area contributed by atoms with Gasteiger partial charge in [-0.05, 0) is 29.8 Å². The minimum atomic E-state index is -0.353. The summed E-state index contributed by atoms with van der Waals surface area (Å²) in [6.07, 6.45) is 3.12. The van der Waals surface area contributed by atoms with Gasteiger partial charge in [-0.3, -0.25) is 19.6 Å². The van der Waals surface area contributed by atoms with Crippen LogP contribution < -0.4 is 10.6 Å². The van der Waals surface area contributed by atoms with Gasteiger partial charge in [-0.2, -0.15) is 0 Å². The smallest absolute Gasteiger partial charge is 0.270 e. The van der Waals surface area contributed by atoms with Crippen molar-refractivity contribution in [3.63, 3.8) is 0 Å². The van der Waals surface area contributed by atoms with Gasteiger partial charge in [-0.15, -0.1) is 0 Å². The van der Waals surface area contributed by atoms with Crippen LogP contribution in [0, 0.1) is 0 Å². The Balaban J connectivity index is 1.60. The van der Waals surface area contributed by atoms with Crippen LogP contribution >= 0.6 is 0 Å². The molecule has 2 N–H and O–H groups in total. The Labute approximate surface area is 151 Å². The lowest BCUT2D eigenvalue weighted by Gasteiger charge is -2.07. The first-order valence-corrected chi connectivity index (χ1v) is 8.18. The Kier molecular flexibility index (Phi) is 5.67. The molecule has 3 aromatic rings. The summed E-state index contributed by atoms with van der Waals surface area (Å²) in [5.74, 6) is -0.608. The summed E-state index contributed by atoms with van der Waals surface area (Å²) in [5.41, 5.74) is 2.33. The number of benzene rings is 1. The zero-order valence-electron chi connectivity index (χ0n) is 14.1. The molecule has 6 nitrogen and oxygen atoms in total. The summed E-state index contributed by atoms with van der Waals surface area (Å²) in [6.45, 7) is 0.717. The summed E-state index contributed by atoms with van der Waals surface area (Å²) in [4.78, 5) is 32.7. The molecule has 3 rings (SSSR count). The van der Waals surface area contributed by atoms with Crippen LogP contribution in [-0.2, 0) is 13.1 Å². The maximum absolute atomic E-state index is 12.3. The van der Waals surface area contributed by atoms with Gasteiger partial charge < -0.3 is 10.6 Å². The van der Waals surface area contributed by atoms with E-state index in [1.807, 2.05) is 48.5 Å². The van der Waals surface area contributed by atoms with E-state index in [1.54, 1.807) is 12.3 Å². The molecule has 6 heteroatoms. The molecule has 0 aliphatic rings. The van der Waals surface area contributed by atoms with E-state index in [4.69, 9.17) is 0 Å². The van der Waals surface area contributed by atoms with E-state index in [2.05, 4.69) is 20.6 Å². The molecule has 0 aliphatic carbocycles. The quantitative estimate of drug-likeness (QED) is 0.717. The Morgan fingerprint density at radius 2 is 1.54 bits per heavy atom. The highest BCUT2D eigenvalue weighted by Crippen LogP contribution is 2.04. The van der Waals surface area contributed by atoms with Gasteiger partial charge in [-0.25, -0.2) is 0 Å². The maximum Gasteiger partial charge on any atom is 0.270 e. The van der Waals surface area contributed by atoms with Crippen molar-refractivity contribution in [1.82, 2.24) is 20.6 Å². The van der Waals surface area contributed by atoms with E-state index in [-0.39, 0.29) is 17.5 Å². The topological polar surface area (TPSA) is 84.0 Å². The second-order valence-corrected chi connectivity index (χ2v) is 5.60. The van der Waals surface area contributed by atoms with Crippen LogP contribution in [0.4, 0.5) is 0 Å². The number of hydrogen-bond acceptors (Lipinski definition) is 4. The number of carbonyl (C=O) groups excluding carboxylic acids is 2. The summed E-state index contributed by atoms with van der Waals surface area (Å²) in [6, 6.07) is 18.2. The molecule has 0 saturated carbocycles. The number of pyridine rings is 2. The zero-order chi connectivity index (χ0) is 18.2. The standard InChI is InChI=1S/C20H18N4O2/c25-19(23-13-15-6-2-1-3-7-15)16-9-11-22-18(12-16)20(26)24-14-17-8-4-5-10-21-17/h1-12H,13-14H2,(H,23,25)(H,24,26). The van der Waals surface area contributed by atoms with Crippen LogP contribution in [0.5, 0.6) is 0 Å². The average Bonchev–Trinajstić information content (AvgIpc) is 2.72. The normalized spacial score (nSPS) is 10.2. The molecule has 0 unspecified atom stereocenters. The first-order valence-electron chi connectivity index (χ1n) is 8.18. The van der Waals surface area contributed by atoms with Gasteiger partial charge in [0.25, 0.3) is 11.8 Å². The Hall–Kier alpha value is -3.54. The second-order valence-electron chi connectivity index (χ2n) is 5.60. The lowest BCUT2D eigenvalue weighted by Crippen LogP contribution is -2.26. The summed E-state index contributed by atoms with van der Waals surface area (Å²) < 4.78 is 0. The van der Waals surface area contributed by atoms with Crippen LogP contribution in [0.15, 0.2) is 73.1 Å².